The van der Waals surface area contributed by atoms with Crippen LogP contribution in [0, 0.1) is 0 Å². The van der Waals surface area contributed by atoms with Crippen molar-refractivity contribution in [1.82, 2.24) is 4.90 Å². The number of halogens is 1. The number of nitrogens with zero attached hydrogens (tertiary/aromatic N) is 1. The van der Waals surface area contributed by atoms with Crippen molar-refractivity contribution in [2.75, 3.05) is 19.8 Å². The van der Waals surface area contributed by atoms with Crippen LogP contribution in [0.15, 0.2) is 28.7 Å². The highest BCUT2D eigenvalue weighted by molar-refractivity contribution is 9.10. The molecule has 0 saturated heterocycles. The van der Waals surface area contributed by atoms with Crippen molar-refractivity contribution < 1.29 is 14.6 Å². The average molecular weight is 358 g/mol. The Morgan fingerprint density at radius 1 is 1.29 bits per heavy atom. The summed E-state index contributed by atoms with van der Waals surface area (Å²) < 4.78 is 6.57. The molecule has 21 heavy (non-hydrogen) atoms. The van der Waals surface area contributed by atoms with Crippen LogP contribution in [0.5, 0.6) is 5.75 Å². The van der Waals surface area contributed by atoms with Crippen molar-refractivity contribution in [3.05, 3.63) is 28.7 Å². The van der Waals surface area contributed by atoms with Gasteiger partial charge in [-0.2, -0.15) is 0 Å². The number of carbonyl (C=O) groups is 1. The molecule has 1 aromatic rings. The minimum atomic E-state index is -0.00416. The first-order valence-electron chi connectivity index (χ1n) is 7.41. The van der Waals surface area contributed by atoms with Gasteiger partial charge in [-0.3, -0.25) is 4.79 Å². The molecule has 0 aromatic heterocycles. The summed E-state index contributed by atoms with van der Waals surface area (Å²) in [5.74, 6) is 0.789. The molecule has 0 spiro atoms. The van der Waals surface area contributed by atoms with Gasteiger partial charge in [-0.25, -0.2) is 0 Å². The molecule has 0 bridgehead atoms. The highest BCUT2D eigenvalue weighted by atomic mass is 79.9. The first-order chi connectivity index (χ1) is 10.1. The molecule has 0 fully saturated rings. The molecule has 1 N–H and O–H groups in total. The molecule has 118 valence electrons. The first-order valence-corrected chi connectivity index (χ1v) is 8.20. The number of amides is 1. The lowest BCUT2D eigenvalue weighted by Gasteiger charge is -2.30. The number of carbonyl (C=O) groups excluding carboxylic acids is 1. The zero-order chi connectivity index (χ0) is 15.7. The van der Waals surface area contributed by atoms with Crippen LogP contribution in [0.25, 0.3) is 0 Å². The van der Waals surface area contributed by atoms with E-state index in [2.05, 4.69) is 29.8 Å². The molecular formula is C16H24BrNO3. The SMILES string of the molecule is CCC(CC)N(CCO)C(=O)CCOc1ccc(Br)cc1. The Hall–Kier alpha value is -1.07. The molecule has 5 heteroatoms. The van der Waals surface area contributed by atoms with E-state index < -0.39 is 0 Å². The van der Waals surface area contributed by atoms with Gasteiger partial charge in [-0.05, 0) is 37.1 Å². The Morgan fingerprint density at radius 3 is 2.43 bits per heavy atom. The molecule has 4 nitrogen and oxygen atoms in total. The second kappa shape index (κ2) is 9.79. The van der Waals surface area contributed by atoms with E-state index in [0.717, 1.165) is 23.1 Å². The van der Waals surface area contributed by atoms with Crippen LogP contribution in [0.3, 0.4) is 0 Å². The molecule has 1 rings (SSSR count). The maximum atomic E-state index is 12.3. The van der Waals surface area contributed by atoms with Crippen LogP contribution >= 0.6 is 15.9 Å². The molecule has 0 unspecified atom stereocenters. The molecule has 1 amide bonds. The second-order valence-electron chi connectivity index (χ2n) is 4.83. The normalized spacial score (nSPS) is 10.7. The number of hydrogen-bond donors (Lipinski definition) is 1. The summed E-state index contributed by atoms with van der Waals surface area (Å²) in [6.45, 7) is 4.86. The number of aliphatic hydroxyl groups excluding tert-OH is 1. The van der Waals surface area contributed by atoms with Crippen LogP contribution in [-0.4, -0.2) is 41.7 Å². The van der Waals surface area contributed by atoms with E-state index in [9.17, 15) is 4.79 Å². The lowest BCUT2D eigenvalue weighted by Crippen LogP contribution is -2.42. The fourth-order valence-corrected chi connectivity index (χ4v) is 2.54. The lowest BCUT2D eigenvalue weighted by atomic mass is 10.1. The van der Waals surface area contributed by atoms with Gasteiger partial charge in [0.2, 0.25) is 5.91 Å². The highest BCUT2D eigenvalue weighted by Crippen LogP contribution is 2.16. The summed E-state index contributed by atoms with van der Waals surface area (Å²) in [4.78, 5) is 14.0. The predicted molar refractivity (Wildman–Crippen MR) is 87.4 cm³/mol. The summed E-state index contributed by atoms with van der Waals surface area (Å²) >= 11 is 3.36. The van der Waals surface area contributed by atoms with Crippen molar-refractivity contribution >= 4 is 21.8 Å². The van der Waals surface area contributed by atoms with Crippen LogP contribution in [0.4, 0.5) is 0 Å². The number of aliphatic hydroxyl groups is 1. The summed E-state index contributed by atoms with van der Waals surface area (Å²) in [6, 6.07) is 7.72. The van der Waals surface area contributed by atoms with Gasteiger partial charge >= 0.3 is 0 Å². The molecule has 0 radical (unpaired) electrons. The quantitative estimate of drug-likeness (QED) is 0.737. The third kappa shape index (κ3) is 6.06. The predicted octanol–water partition coefficient (Wildman–Crippen LogP) is 3.23. The number of benzene rings is 1. The number of hydrogen-bond acceptors (Lipinski definition) is 3. The molecule has 0 saturated carbocycles. The number of ether oxygens (including phenoxy) is 1. The Kier molecular flexibility index (Phi) is 8.38. The molecular weight excluding hydrogens is 334 g/mol. The zero-order valence-corrected chi connectivity index (χ0v) is 14.3. The van der Waals surface area contributed by atoms with Crippen molar-refractivity contribution in [2.45, 2.75) is 39.2 Å². The zero-order valence-electron chi connectivity index (χ0n) is 12.7. The van der Waals surface area contributed by atoms with E-state index in [0.29, 0.717) is 19.6 Å². The van der Waals surface area contributed by atoms with E-state index in [4.69, 9.17) is 9.84 Å². The van der Waals surface area contributed by atoms with Gasteiger partial charge < -0.3 is 14.7 Å². The van der Waals surface area contributed by atoms with Gasteiger partial charge in [0, 0.05) is 17.1 Å². The minimum Gasteiger partial charge on any atom is -0.493 e. The van der Waals surface area contributed by atoms with Crippen LogP contribution < -0.4 is 4.74 Å². The van der Waals surface area contributed by atoms with Gasteiger partial charge in [-0.1, -0.05) is 29.8 Å². The number of rotatable bonds is 9. The van der Waals surface area contributed by atoms with Crippen LogP contribution in [0.2, 0.25) is 0 Å². The van der Waals surface area contributed by atoms with Gasteiger partial charge in [0.25, 0.3) is 0 Å². The van der Waals surface area contributed by atoms with Crippen LogP contribution in [-0.2, 0) is 4.79 Å². The first kappa shape index (κ1) is 18.0. The van der Waals surface area contributed by atoms with Gasteiger partial charge in [-0.15, -0.1) is 0 Å². The summed E-state index contributed by atoms with van der Waals surface area (Å²) in [5, 5.41) is 9.13. The smallest absolute Gasteiger partial charge is 0.226 e. The average Bonchev–Trinajstić information content (AvgIpc) is 2.49. The van der Waals surface area contributed by atoms with Crippen LogP contribution in [0.1, 0.15) is 33.1 Å². The van der Waals surface area contributed by atoms with Crippen molar-refractivity contribution in [2.24, 2.45) is 0 Å². The summed E-state index contributed by atoms with van der Waals surface area (Å²) in [6.07, 6.45) is 2.12. The summed E-state index contributed by atoms with van der Waals surface area (Å²) in [5.41, 5.74) is 0. The fraction of sp³-hybridized carbons (Fsp3) is 0.562. The van der Waals surface area contributed by atoms with Crippen molar-refractivity contribution in [3.63, 3.8) is 0 Å². The Balaban J connectivity index is 2.47. The molecule has 0 aliphatic carbocycles. The van der Waals surface area contributed by atoms with E-state index in [1.165, 1.54) is 0 Å². The molecule has 1 aromatic carbocycles. The Labute approximate surface area is 135 Å². The fourth-order valence-electron chi connectivity index (χ4n) is 2.28. The second-order valence-corrected chi connectivity index (χ2v) is 5.75. The largest absolute Gasteiger partial charge is 0.493 e. The van der Waals surface area contributed by atoms with Gasteiger partial charge in [0.1, 0.15) is 5.75 Å². The van der Waals surface area contributed by atoms with E-state index >= 15 is 0 Å². The van der Waals surface area contributed by atoms with E-state index in [1.807, 2.05) is 24.3 Å². The van der Waals surface area contributed by atoms with Crippen molar-refractivity contribution in [3.8, 4) is 5.75 Å². The van der Waals surface area contributed by atoms with E-state index in [1.54, 1.807) is 4.90 Å². The monoisotopic (exact) mass is 357 g/mol. The standard InChI is InChI=1S/C16H24BrNO3/c1-3-14(4-2)18(10-11-19)16(20)9-12-21-15-7-5-13(17)6-8-15/h5-8,14,19H,3-4,9-12H2,1-2H3. The maximum absolute atomic E-state index is 12.3. The maximum Gasteiger partial charge on any atom is 0.226 e. The Morgan fingerprint density at radius 2 is 1.90 bits per heavy atom. The highest BCUT2D eigenvalue weighted by Gasteiger charge is 2.20. The van der Waals surface area contributed by atoms with Crippen molar-refractivity contribution in [1.29, 1.82) is 0 Å². The minimum absolute atomic E-state index is 0.00416. The molecule has 0 aliphatic rings. The topological polar surface area (TPSA) is 49.8 Å². The lowest BCUT2D eigenvalue weighted by molar-refractivity contribution is -0.134. The molecule has 0 atom stereocenters. The van der Waals surface area contributed by atoms with Gasteiger partial charge in [0.15, 0.2) is 0 Å². The molecule has 0 aliphatic heterocycles. The molecule has 0 heterocycles. The Bertz CT molecular complexity index is 418. The third-order valence-electron chi connectivity index (χ3n) is 3.44. The van der Waals surface area contributed by atoms with Gasteiger partial charge in [0.05, 0.1) is 19.6 Å². The third-order valence-corrected chi connectivity index (χ3v) is 3.97. The van der Waals surface area contributed by atoms with E-state index in [-0.39, 0.29) is 18.6 Å². The summed E-state index contributed by atoms with van der Waals surface area (Å²) in [7, 11) is 0.